The molecule has 1 fully saturated rings. The number of amides is 1. The van der Waals surface area contributed by atoms with Gasteiger partial charge in [-0.3, -0.25) is 9.00 Å². The van der Waals surface area contributed by atoms with E-state index >= 15 is 0 Å². The molecule has 2 rings (SSSR count). The molecule has 0 aromatic heterocycles. The summed E-state index contributed by atoms with van der Waals surface area (Å²) in [5.74, 6) is 0.0507. The molecule has 122 valence electrons. The van der Waals surface area contributed by atoms with E-state index in [4.69, 9.17) is 0 Å². The highest BCUT2D eigenvalue weighted by molar-refractivity contribution is 7.86. The summed E-state index contributed by atoms with van der Waals surface area (Å²) >= 11 is 0. The third-order valence-corrected chi connectivity index (χ3v) is 6.22. The average molecular weight is 325 g/mol. The van der Waals surface area contributed by atoms with Crippen LogP contribution in [-0.4, -0.2) is 27.2 Å². The molecule has 5 heteroatoms. The van der Waals surface area contributed by atoms with Gasteiger partial charge >= 0.3 is 0 Å². The van der Waals surface area contributed by atoms with Crippen molar-refractivity contribution in [2.24, 2.45) is 0 Å². The summed E-state index contributed by atoms with van der Waals surface area (Å²) in [6, 6.07) is 6.30. The van der Waals surface area contributed by atoms with Gasteiger partial charge in [-0.25, -0.2) is 4.39 Å². The van der Waals surface area contributed by atoms with Crippen LogP contribution in [0.1, 0.15) is 45.6 Å². The number of halogens is 1. The molecule has 1 aliphatic rings. The Morgan fingerprint density at radius 1 is 1.36 bits per heavy atom. The lowest BCUT2D eigenvalue weighted by atomic mass is 9.64. The van der Waals surface area contributed by atoms with E-state index in [1.165, 1.54) is 12.1 Å². The van der Waals surface area contributed by atoms with Gasteiger partial charge in [0.05, 0.1) is 5.41 Å². The van der Waals surface area contributed by atoms with Gasteiger partial charge in [-0.1, -0.05) is 18.6 Å². The lowest BCUT2D eigenvalue weighted by Crippen LogP contribution is -2.50. The van der Waals surface area contributed by atoms with Gasteiger partial charge in [-0.05, 0) is 51.3 Å². The summed E-state index contributed by atoms with van der Waals surface area (Å²) in [7, 11) is -0.987. The second-order valence-electron chi connectivity index (χ2n) is 6.86. The first-order chi connectivity index (χ1) is 10.3. The van der Waals surface area contributed by atoms with Crippen molar-refractivity contribution in [3.8, 4) is 0 Å². The minimum atomic E-state index is -0.987. The maximum atomic E-state index is 13.4. The van der Waals surface area contributed by atoms with Crippen molar-refractivity contribution in [3.63, 3.8) is 0 Å². The van der Waals surface area contributed by atoms with E-state index in [1.54, 1.807) is 6.07 Å². The van der Waals surface area contributed by atoms with Crippen LogP contribution in [-0.2, 0) is 21.0 Å². The van der Waals surface area contributed by atoms with Gasteiger partial charge in [0.15, 0.2) is 0 Å². The molecule has 1 aromatic rings. The van der Waals surface area contributed by atoms with Crippen LogP contribution >= 0.6 is 0 Å². The summed E-state index contributed by atoms with van der Waals surface area (Å²) in [5.41, 5.74) is 0.138. The number of hydrogen-bond donors (Lipinski definition) is 1. The van der Waals surface area contributed by atoms with Crippen molar-refractivity contribution >= 4 is 16.7 Å². The van der Waals surface area contributed by atoms with Gasteiger partial charge in [0.2, 0.25) is 5.91 Å². The summed E-state index contributed by atoms with van der Waals surface area (Å²) in [5, 5.41) is 2.89. The molecule has 0 bridgehead atoms. The predicted molar refractivity (Wildman–Crippen MR) is 87.7 cm³/mol. The molecular weight excluding hydrogens is 301 g/mol. The van der Waals surface area contributed by atoms with Gasteiger partial charge in [-0.2, -0.15) is 0 Å². The van der Waals surface area contributed by atoms with Crippen LogP contribution in [0.4, 0.5) is 4.39 Å². The van der Waals surface area contributed by atoms with E-state index in [-0.39, 0.29) is 16.5 Å². The lowest BCUT2D eigenvalue weighted by molar-refractivity contribution is -0.129. The van der Waals surface area contributed by atoms with E-state index in [9.17, 15) is 13.4 Å². The molecule has 0 saturated heterocycles. The molecule has 0 heterocycles. The Labute approximate surface area is 134 Å². The fourth-order valence-corrected chi connectivity index (χ4v) is 3.60. The maximum absolute atomic E-state index is 13.4. The van der Waals surface area contributed by atoms with Crippen molar-refractivity contribution in [1.82, 2.24) is 5.32 Å². The fourth-order valence-electron chi connectivity index (χ4n) is 2.70. The van der Waals surface area contributed by atoms with Crippen LogP contribution in [0, 0.1) is 5.82 Å². The minimum absolute atomic E-state index is 0.0738. The topological polar surface area (TPSA) is 46.2 Å². The molecule has 0 radical (unpaired) electrons. The monoisotopic (exact) mass is 325 g/mol. The van der Waals surface area contributed by atoms with E-state index < -0.39 is 16.2 Å². The molecule has 3 nitrogen and oxygen atoms in total. The minimum Gasteiger partial charge on any atom is -0.354 e. The maximum Gasteiger partial charge on any atom is 0.230 e. The lowest BCUT2D eigenvalue weighted by Gasteiger charge is -2.40. The molecular formula is C17H24FNO2S. The zero-order valence-electron chi connectivity index (χ0n) is 13.4. The number of benzene rings is 1. The Bertz CT molecular complexity index is 576. The second-order valence-corrected chi connectivity index (χ2v) is 9.19. The van der Waals surface area contributed by atoms with Crippen molar-refractivity contribution in [2.75, 3.05) is 12.3 Å². The Kier molecular flexibility index (Phi) is 5.05. The highest BCUT2D eigenvalue weighted by Crippen LogP contribution is 2.44. The van der Waals surface area contributed by atoms with Crippen LogP contribution in [0.2, 0.25) is 0 Å². The van der Waals surface area contributed by atoms with E-state index in [2.05, 4.69) is 5.32 Å². The zero-order valence-corrected chi connectivity index (χ0v) is 14.3. The molecule has 0 aliphatic heterocycles. The van der Waals surface area contributed by atoms with Gasteiger partial charge in [0.25, 0.3) is 0 Å². The molecule has 0 spiro atoms. The van der Waals surface area contributed by atoms with Crippen LogP contribution in [0.3, 0.4) is 0 Å². The first kappa shape index (κ1) is 17.1. The van der Waals surface area contributed by atoms with Gasteiger partial charge in [0, 0.05) is 27.8 Å². The summed E-state index contributed by atoms with van der Waals surface area (Å²) in [4.78, 5) is 12.6. The van der Waals surface area contributed by atoms with Gasteiger partial charge in [-0.15, -0.1) is 0 Å². The second kappa shape index (κ2) is 6.49. The Morgan fingerprint density at radius 3 is 2.55 bits per heavy atom. The van der Waals surface area contributed by atoms with Crippen LogP contribution in [0.25, 0.3) is 0 Å². The third-order valence-electron chi connectivity index (χ3n) is 4.27. The molecule has 1 amide bonds. The first-order valence-corrected chi connectivity index (χ1v) is 9.00. The molecule has 1 aromatic carbocycles. The Hall–Kier alpha value is -1.23. The normalized spacial score (nSPS) is 18.4. The largest absolute Gasteiger partial charge is 0.354 e. The quantitative estimate of drug-likeness (QED) is 0.905. The summed E-state index contributed by atoms with van der Waals surface area (Å²) < 4.78 is 25.2. The third kappa shape index (κ3) is 3.57. The van der Waals surface area contributed by atoms with Crippen LogP contribution < -0.4 is 5.32 Å². The van der Waals surface area contributed by atoms with E-state index in [0.717, 1.165) is 24.8 Å². The highest BCUT2D eigenvalue weighted by Gasteiger charge is 2.45. The first-order valence-electron chi connectivity index (χ1n) is 7.68. The molecule has 22 heavy (non-hydrogen) atoms. The number of rotatable bonds is 5. The Balaban J connectivity index is 2.00. The smallest absolute Gasteiger partial charge is 0.230 e. The van der Waals surface area contributed by atoms with Crippen molar-refractivity contribution < 1.29 is 13.4 Å². The van der Waals surface area contributed by atoms with Crippen molar-refractivity contribution in [3.05, 3.63) is 35.6 Å². The number of carbonyl (C=O) groups excluding carboxylic acids is 1. The number of nitrogens with one attached hydrogen (secondary N) is 1. The average Bonchev–Trinajstić information content (AvgIpc) is 2.36. The van der Waals surface area contributed by atoms with E-state index in [1.807, 2.05) is 26.8 Å². The zero-order chi connectivity index (χ0) is 16.4. The molecule has 0 unspecified atom stereocenters. The molecule has 1 atom stereocenters. The Morgan fingerprint density at radius 2 is 2.05 bits per heavy atom. The highest BCUT2D eigenvalue weighted by atomic mass is 32.2. The number of carbonyl (C=O) groups is 1. The van der Waals surface area contributed by atoms with Crippen LogP contribution in [0.5, 0.6) is 0 Å². The van der Waals surface area contributed by atoms with Crippen molar-refractivity contribution in [1.29, 1.82) is 0 Å². The van der Waals surface area contributed by atoms with Crippen molar-refractivity contribution in [2.45, 2.75) is 50.2 Å². The fraction of sp³-hybridized carbons (Fsp3) is 0.588. The van der Waals surface area contributed by atoms with Gasteiger partial charge < -0.3 is 5.32 Å². The number of hydrogen-bond acceptors (Lipinski definition) is 2. The van der Waals surface area contributed by atoms with Crippen LogP contribution in [0.15, 0.2) is 24.3 Å². The SMILES string of the molecule is CC(C)(C)[S@@](=O)CCNC(=O)C1(c2cccc(F)c2)CCC1. The molecule has 1 saturated carbocycles. The van der Waals surface area contributed by atoms with Gasteiger partial charge in [0.1, 0.15) is 5.82 Å². The van der Waals surface area contributed by atoms with E-state index in [0.29, 0.717) is 12.3 Å². The molecule has 1 N–H and O–H groups in total. The molecule has 1 aliphatic carbocycles. The standard InChI is InChI=1S/C17H24FNO2S/c1-16(2,3)22(21)11-10-19-15(20)17(8-5-9-17)13-6-4-7-14(18)12-13/h4,6-7,12H,5,8-11H2,1-3H3,(H,19,20)/t22-/m0/s1. The summed E-state index contributed by atoms with van der Waals surface area (Å²) in [6.07, 6.45) is 2.45. The predicted octanol–water partition coefficient (Wildman–Crippen LogP) is 2.91. The summed E-state index contributed by atoms with van der Waals surface area (Å²) in [6.45, 7) is 6.15.